The summed E-state index contributed by atoms with van der Waals surface area (Å²) in [6, 6.07) is 40.8. The number of carbonyl (C=O) groups excluding carboxylic acids is 3. The summed E-state index contributed by atoms with van der Waals surface area (Å²) in [5.41, 5.74) is 5.39. The number of aryl methyl sites for hydroxylation is 1. The Morgan fingerprint density at radius 3 is 2.22 bits per heavy atom. The standard InChI is InChI=1S/C41H34N4O4S2/c1-27-16-18-28(19-17-27)24-35(43-38(46)30-12-7-4-8-13-30)39(47)42-32-20-22-34(23-21-32)51-37(29-10-5-3-6-11-29)40(48)45-41-44-36(26-50-41)31-14-9-15-33(25-31)49-2/h3-26,37H,1-2H3,(H,42,47)(H,43,46)(H,44,45,48)/b35-24-. The molecule has 0 spiro atoms. The van der Waals surface area contributed by atoms with E-state index in [0.29, 0.717) is 16.4 Å². The number of amides is 3. The number of hydrogen-bond acceptors (Lipinski definition) is 7. The van der Waals surface area contributed by atoms with Crippen LogP contribution in [-0.2, 0) is 9.59 Å². The van der Waals surface area contributed by atoms with Gasteiger partial charge in [-0.1, -0.05) is 90.5 Å². The van der Waals surface area contributed by atoms with Crippen molar-refractivity contribution >= 4 is 57.7 Å². The maximum Gasteiger partial charge on any atom is 0.272 e. The van der Waals surface area contributed by atoms with E-state index in [-0.39, 0.29) is 11.6 Å². The van der Waals surface area contributed by atoms with Crippen molar-refractivity contribution in [3.05, 3.63) is 167 Å². The van der Waals surface area contributed by atoms with Gasteiger partial charge in [0.2, 0.25) is 5.91 Å². The summed E-state index contributed by atoms with van der Waals surface area (Å²) < 4.78 is 5.34. The Labute approximate surface area is 304 Å². The van der Waals surface area contributed by atoms with Crippen LogP contribution in [0.1, 0.15) is 32.3 Å². The van der Waals surface area contributed by atoms with E-state index < -0.39 is 17.1 Å². The van der Waals surface area contributed by atoms with Gasteiger partial charge in [0.15, 0.2) is 5.13 Å². The molecule has 0 fully saturated rings. The van der Waals surface area contributed by atoms with E-state index in [0.717, 1.165) is 38.6 Å². The van der Waals surface area contributed by atoms with Crippen LogP contribution in [0.2, 0.25) is 0 Å². The SMILES string of the molecule is COc1cccc(-c2csc(NC(=O)C(Sc3ccc(NC(=O)/C(=C/c4ccc(C)cc4)NC(=O)c4ccccc4)cc3)c3ccccc3)n2)c1. The van der Waals surface area contributed by atoms with E-state index in [1.165, 1.54) is 23.1 Å². The minimum absolute atomic E-state index is 0.101. The highest BCUT2D eigenvalue weighted by Crippen LogP contribution is 2.37. The lowest BCUT2D eigenvalue weighted by Gasteiger charge is -2.17. The van der Waals surface area contributed by atoms with Gasteiger partial charge in [-0.25, -0.2) is 4.98 Å². The maximum absolute atomic E-state index is 13.7. The molecule has 1 unspecified atom stereocenters. The first-order chi connectivity index (χ1) is 24.8. The molecule has 1 heterocycles. The number of thioether (sulfide) groups is 1. The fourth-order valence-electron chi connectivity index (χ4n) is 5.04. The molecule has 5 aromatic carbocycles. The van der Waals surface area contributed by atoms with Crippen molar-refractivity contribution in [3.8, 4) is 17.0 Å². The van der Waals surface area contributed by atoms with Crippen LogP contribution < -0.4 is 20.7 Å². The zero-order valence-corrected chi connectivity index (χ0v) is 29.5. The number of hydrogen-bond donors (Lipinski definition) is 3. The molecule has 6 aromatic rings. The number of benzene rings is 5. The fraction of sp³-hybridized carbons (Fsp3) is 0.0732. The van der Waals surface area contributed by atoms with Gasteiger partial charge in [0.25, 0.3) is 11.8 Å². The Morgan fingerprint density at radius 2 is 1.51 bits per heavy atom. The zero-order chi connectivity index (χ0) is 35.6. The number of nitrogens with one attached hydrogen (secondary N) is 3. The molecular formula is C41H34N4O4S2. The predicted octanol–water partition coefficient (Wildman–Crippen LogP) is 9.01. The second kappa shape index (κ2) is 16.6. The van der Waals surface area contributed by atoms with Crippen molar-refractivity contribution in [2.24, 2.45) is 0 Å². The van der Waals surface area contributed by atoms with Gasteiger partial charge < -0.3 is 20.7 Å². The Kier molecular flexibility index (Phi) is 11.4. The van der Waals surface area contributed by atoms with Gasteiger partial charge in [-0.3, -0.25) is 14.4 Å². The number of aromatic nitrogens is 1. The maximum atomic E-state index is 13.7. The average molecular weight is 711 g/mol. The van der Waals surface area contributed by atoms with Crippen molar-refractivity contribution in [1.29, 1.82) is 0 Å². The summed E-state index contributed by atoms with van der Waals surface area (Å²) in [7, 11) is 1.62. The fourth-order valence-corrected chi connectivity index (χ4v) is 6.79. The third-order valence-corrected chi connectivity index (χ3v) is 9.75. The predicted molar refractivity (Wildman–Crippen MR) is 206 cm³/mol. The van der Waals surface area contributed by atoms with E-state index >= 15 is 0 Å². The molecule has 254 valence electrons. The van der Waals surface area contributed by atoms with Gasteiger partial charge in [-0.05, 0) is 72.7 Å². The molecule has 0 saturated carbocycles. The number of thiazole rings is 1. The molecule has 3 amide bonds. The van der Waals surface area contributed by atoms with Crippen LogP contribution >= 0.6 is 23.1 Å². The summed E-state index contributed by atoms with van der Waals surface area (Å²) in [6.45, 7) is 1.98. The van der Waals surface area contributed by atoms with Gasteiger partial charge >= 0.3 is 0 Å². The number of carbonyl (C=O) groups is 3. The molecule has 10 heteroatoms. The molecule has 0 radical (unpaired) electrons. The molecule has 0 aliphatic rings. The van der Waals surface area contributed by atoms with Gasteiger partial charge in [0, 0.05) is 27.1 Å². The van der Waals surface area contributed by atoms with E-state index in [1.807, 2.05) is 109 Å². The number of rotatable bonds is 12. The Morgan fingerprint density at radius 1 is 0.804 bits per heavy atom. The number of nitrogens with zero attached hydrogens (tertiary/aromatic N) is 1. The lowest BCUT2D eigenvalue weighted by Crippen LogP contribution is -2.30. The topological polar surface area (TPSA) is 109 Å². The van der Waals surface area contributed by atoms with Crippen molar-refractivity contribution < 1.29 is 19.1 Å². The average Bonchev–Trinajstić information content (AvgIpc) is 3.64. The van der Waals surface area contributed by atoms with Gasteiger partial charge in [0.1, 0.15) is 16.7 Å². The molecule has 0 aliphatic carbocycles. The molecule has 0 aliphatic heterocycles. The molecule has 1 aromatic heterocycles. The van der Waals surface area contributed by atoms with Crippen LogP contribution in [0.25, 0.3) is 17.3 Å². The third-order valence-electron chi connectivity index (χ3n) is 7.72. The van der Waals surface area contributed by atoms with Crippen molar-refractivity contribution in [2.45, 2.75) is 17.1 Å². The van der Waals surface area contributed by atoms with Crippen LogP contribution in [0.3, 0.4) is 0 Å². The summed E-state index contributed by atoms with van der Waals surface area (Å²) in [5.74, 6) is -0.352. The first kappa shape index (κ1) is 34.9. The highest BCUT2D eigenvalue weighted by atomic mass is 32.2. The van der Waals surface area contributed by atoms with Gasteiger partial charge in [0.05, 0.1) is 12.8 Å². The second-order valence-electron chi connectivity index (χ2n) is 11.4. The third kappa shape index (κ3) is 9.39. The normalized spacial score (nSPS) is 11.7. The lowest BCUT2D eigenvalue weighted by molar-refractivity contribution is -0.116. The van der Waals surface area contributed by atoms with Crippen LogP contribution in [0.5, 0.6) is 5.75 Å². The van der Waals surface area contributed by atoms with Crippen molar-refractivity contribution in [1.82, 2.24) is 10.3 Å². The summed E-state index contributed by atoms with van der Waals surface area (Å²) in [6.07, 6.45) is 1.64. The van der Waals surface area contributed by atoms with Gasteiger partial charge in [-0.15, -0.1) is 23.1 Å². The molecule has 0 saturated heterocycles. The van der Waals surface area contributed by atoms with Crippen molar-refractivity contribution in [2.75, 3.05) is 17.7 Å². The Bertz CT molecular complexity index is 2150. The lowest BCUT2D eigenvalue weighted by atomic mass is 10.1. The monoisotopic (exact) mass is 710 g/mol. The Balaban J connectivity index is 1.16. The number of anilines is 2. The Hall–Kier alpha value is -5.97. The van der Waals surface area contributed by atoms with Crippen LogP contribution in [0, 0.1) is 6.92 Å². The van der Waals surface area contributed by atoms with Crippen LogP contribution in [0.15, 0.2) is 149 Å². The summed E-state index contributed by atoms with van der Waals surface area (Å²) >= 11 is 2.74. The summed E-state index contributed by atoms with van der Waals surface area (Å²) in [4.78, 5) is 45.7. The molecule has 8 nitrogen and oxygen atoms in total. The van der Waals surface area contributed by atoms with E-state index in [9.17, 15) is 14.4 Å². The molecule has 51 heavy (non-hydrogen) atoms. The highest BCUT2D eigenvalue weighted by molar-refractivity contribution is 8.00. The quantitative estimate of drug-likeness (QED) is 0.0864. The van der Waals surface area contributed by atoms with E-state index in [1.54, 1.807) is 49.6 Å². The van der Waals surface area contributed by atoms with E-state index in [2.05, 4.69) is 20.9 Å². The number of ether oxygens (including phenoxy) is 1. The van der Waals surface area contributed by atoms with Gasteiger partial charge in [-0.2, -0.15) is 0 Å². The molecule has 6 rings (SSSR count). The first-order valence-electron chi connectivity index (χ1n) is 16.0. The minimum Gasteiger partial charge on any atom is -0.497 e. The number of methoxy groups -OCH3 is 1. The first-order valence-corrected chi connectivity index (χ1v) is 17.8. The highest BCUT2D eigenvalue weighted by Gasteiger charge is 2.24. The largest absolute Gasteiger partial charge is 0.497 e. The minimum atomic E-state index is -0.576. The zero-order valence-electron chi connectivity index (χ0n) is 27.8. The molecule has 0 bridgehead atoms. The summed E-state index contributed by atoms with van der Waals surface area (Å²) in [5, 5.41) is 10.5. The van der Waals surface area contributed by atoms with Crippen molar-refractivity contribution in [3.63, 3.8) is 0 Å². The molecular weight excluding hydrogens is 677 g/mol. The second-order valence-corrected chi connectivity index (χ2v) is 13.5. The molecule has 1 atom stereocenters. The van der Waals surface area contributed by atoms with Crippen LogP contribution in [-0.4, -0.2) is 29.8 Å². The smallest absolute Gasteiger partial charge is 0.272 e. The molecule has 3 N–H and O–H groups in total. The van der Waals surface area contributed by atoms with Crippen LogP contribution in [0.4, 0.5) is 10.8 Å². The van der Waals surface area contributed by atoms with E-state index in [4.69, 9.17) is 4.74 Å².